The molecule has 0 aliphatic rings. The fourth-order valence-corrected chi connectivity index (χ4v) is 5.60. The van der Waals surface area contributed by atoms with Gasteiger partial charge in [-0.05, 0) is 83.5 Å². The third kappa shape index (κ3) is 8.16. The topological polar surface area (TPSA) is 86.8 Å². The molecule has 7 nitrogen and oxygen atoms in total. The van der Waals surface area contributed by atoms with E-state index in [0.29, 0.717) is 5.69 Å². The van der Waals surface area contributed by atoms with E-state index in [1.54, 1.807) is 43.3 Å². The minimum absolute atomic E-state index is 0.0763. The molecule has 9 heteroatoms. The van der Waals surface area contributed by atoms with Gasteiger partial charge in [-0.15, -0.1) is 0 Å². The maximum absolute atomic E-state index is 13.9. The van der Waals surface area contributed by atoms with Crippen LogP contribution in [-0.2, 0) is 26.2 Å². The van der Waals surface area contributed by atoms with Crippen LogP contribution >= 0.6 is 15.9 Å². The molecule has 1 N–H and O–H groups in total. The van der Waals surface area contributed by atoms with Gasteiger partial charge in [0.15, 0.2) is 0 Å². The SMILES string of the molecule is Cc1ccc(CN(C(=O)CN(c2ccc(Br)cc2)S(=O)(=O)c2ccc(C)cc2)[C@@H](C)C(=O)NC(C)(C)C)cc1. The van der Waals surface area contributed by atoms with E-state index in [9.17, 15) is 18.0 Å². The molecular formula is C30H36BrN3O4S. The molecule has 2 amide bonds. The average Bonchev–Trinajstić information content (AvgIpc) is 2.86. The summed E-state index contributed by atoms with van der Waals surface area (Å²) in [7, 11) is -4.10. The minimum atomic E-state index is -4.10. The first kappa shape index (κ1) is 30.4. The molecule has 0 aliphatic heterocycles. The lowest BCUT2D eigenvalue weighted by Gasteiger charge is -2.33. The average molecular weight is 615 g/mol. The molecule has 3 aromatic carbocycles. The molecule has 0 aliphatic carbocycles. The molecule has 0 saturated heterocycles. The number of carbonyl (C=O) groups excluding carboxylic acids is 2. The number of nitrogens with one attached hydrogen (secondary N) is 1. The molecule has 0 heterocycles. The molecule has 0 fully saturated rings. The van der Waals surface area contributed by atoms with Crippen molar-refractivity contribution >= 4 is 43.5 Å². The lowest BCUT2D eigenvalue weighted by atomic mass is 10.1. The number of benzene rings is 3. The van der Waals surface area contributed by atoms with Crippen LogP contribution in [0.3, 0.4) is 0 Å². The van der Waals surface area contributed by atoms with E-state index in [-0.39, 0.29) is 17.3 Å². The van der Waals surface area contributed by atoms with Gasteiger partial charge in [-0.25, -0.2) is 8.42 Å². The number of carbonyl (C=O) groups is 2. The number of hydrogen-bond acceptors (Lipinski definition) is 4. The highest BCUT2D eigenvalue weighted by atomic mass is 79.9. The van der Waals surface area contributed by atoms with Crippen molar-refractivity contribution in [3.05, 3.63) is 94.0 Å². The van der Waals surface area contributed by atoms with Crippen molar-refractivity contribution in [3.63, 3.8) is 0 Å². The maximum atomic E-state index is 13.9. The first-order valence-electron chi connectivity index (χ1n) is 12.7. The van der Waals surface area contributed by atoms with Gasteiger partial charge >= 0.3 is 0 Å². The van der Waals surface area contributed by atoms with Crippen LogP contribution in [0.4, 0.5) is 5.69 Å². The molecule has 0 unspecified atom stereocenters. The van der Waals surface area contributed by atoms with Gasteiger partial charge in [0.2, 0.25) is 11.8 Å². The summed E-state index contributed by atoms with van der Waals surface area (Å²) in [6, 6.07) is 20.1. The van der Waals surface area contributed by atoms with Gasteiger partial charge < -0.3 is 10.2 Å². The second-order valence-electron chi connectivity index (χ2n) is 10.7. The predicted octanol–water partition coefficient (Wildman–Crippen LogP) is 5.59. The Kier molecular flexibility index (Phi) is 9.61. The van der Waals surface area contributed by atoms with Crippen molar-refractivity contribution in [1.82, 2.24) is 10.2 Å². The standard InChI is InChI=1S/C30H36BrN3O4S/c1-21-7-11-24(12-8-21)19-33(23(3)29(36)32-30(4,5)6)28(35)20-34(26-15-13-25(31)14-16-26)39(37,38)27-17-9-22(2)10-18-27/h7-18,23H,19-20H2,1-6H3,(H,32,36)/t23-/m0/s1. The molecule has 0 aromatic heterocycles. The van der Waals surface area contributed by atoms with Gasteiger partial charge in [-0.3, -0.25) is 13.9 Å². The molecule has 1 atom stereocenters. The Labute approximate surface area is 240 Å². The van der Waals surface area contributed by atoms with Crippen molar-refractivity contribution in [2.45, 2.75) is 64.6 Å². The van der Waals surface area contributed by atoms with Crippen molar-refractivity contribution in [2.75, 3.05) is 10.8 Å². The lowest BCUT2D eigenvalue weighted by Crippen LogP contribution is -2.54. The first-order chi connectivity index (χ1) is 18.2. The number of rotatable bonds is 9. The van der Waals surface area contributed by atoms with E-state index in [1.807, 2.05) is 58.9 Å². The zero-order chi connectivity index (χ0) is 29.0. The summed E-state index contributed by atoms with van der Waals surface area (Å²) in [5, 5.41) is 2.93. The van der Waals surface area contributed by atoms with Crippen LogP contribution in [0.25, 0.3) is 0 Å². The summed E-state index contributed by atoms with van der Waals surface area (Å²) in [5.74, 6) is -0.815. The van der Waals surface area contributed by atoms with Crippen LogP contribution in [0, 0.1) is 13.8 Å². The summed E-state index contributed by atoms with van der Waals surface area (Å²) >= 11 is 3.39. The third-order valence-corrected chi connectivity index (χ3v) is 8.46. The van der Waals surface area contributed by atoms with Gasteiger partial charge in [0.1, 0.15) is 12.6 Å². The summed E-state index contributed by atoms with van der Waals surface area (Å²) in [6.07, 6.45) is 0. The molecule has 208 valence electrons. The van der Waals surface area contributed by atoms with Crippen molar-refractivity contribution in [1.29, 1.82) is 0 Å². The Morgan fingerprint density at radius 2 is 1.38 bits per heavy atom. The number of sulfonamides is 1. The van der Waals surface area contributed by atoms with Gasteiger partial charge in [-0.1, -0.05) is 63.5 Å². The zero-order valence-electron chi connectivity index (χ0n) is 23.2. The van der Waals surface area contributed by atoms with Crippen LogP contribution in [0.5, 0.6) is 0 Å². The quantitative estimate of drug-likeness (QED) is 0.341. The van der Waals surface area contributed by atoms with Gasteiger partial charge in [0, 0.05) is 16.6 Å². The van der Waals surface area contributed by atoms with Crippen molar-refractivity contribution in [2.24, 2.45) is 0 Å². The highest BCUT2D eigenvalue weighted by molar-refractivity contribution is 9.10. The normalized spacial score (nSPS) is 12.5. The Hall–Kier alpha value is -3.17. The Morgan fingerprint density at radius 3 is 1.90 bits per heavy atom. The van der Waals surface area contributed by atoms with Crippen LogP contribution in [-0.4, -0.2) is 43.3 Å². The van der Waals surface area contributed by atoms with Crippen LogP contribution < -0.4 is 9.62 Å². The smallest absolute Gasteiger partial charge is 0.264 e. The number of amides is 2. The van der Waals surface area contributed by atoms with Crippen LogP contribution in [0.2, 0.25) is 0 Å². The van der Waals surface area contributed by atoms with Crippen LogP contribution in [0.15, 0.2) is 82.2 Å². The molecule has 3 rings (SSSR count). The highest BCUT2D eigenvalue weighted by Crippen LogP contribution is 2.26. The summed E-state index contributed by atoms with van der Waals surface area (Å²) in [5.41, 5.74) is 2.67. The fourth-order valence-electron chi connectivity index (χ4n) is 3.92. The number of nitrogens with zero attached hydrogens (tertiary/aromatic N) is 2. The number of halogens is 1. The van der Waals surface area contributed by atoms with Gasteiger partial charge in [0.25, 0.3) is 10.0 Å². The van der Waals surface area contributed by atoms with Crippen molar-refractivity contribution in [3.8, 4) is 0 Å². The van der Waals surface area contributed by atoms with Crippen LogP contribution in [0.1, 0.15) is 44.4 Å². The second-order valence-corrected chi connectivity index (χ2v) is 13.5. The molecule has 3 aromatic rings. The summed E-state index contributed by atoms with van der Waals surface area (Å²) in [6.45, 7) is 10.8. The maximum Gasteiger partial charge on any atom is 0.264 e. The number of aryl methyl sites for hydroxylation is 2. The first-order valence-corrected chi connectivity index (χ1v) is 14.9. The van der Waals surface area contributed by atoms with E-state index in [1.165, 1.54) is 17.0 Å². The van der Waals surface area contributed by atoms with E-state index in [4.69, 9.17) is 0 Å². The largest absolute Gasteiger partial charge is 0.350 e. The Bertz CT molecular complexity index is 1400. The highest BCUT2D eigenvalue weighted by Gasteiger charge is 2.33. The molecule has 0 spiro atoms. The van der Waals surface area contributed by atoms with Gasteiger partial charge in [-0.2, -0.15) is 0 Å². The van der Waals surface area contributed by atoms with Crippen molar-refractivity contribution < 1.29 is 18.0 Å². The second kappa shape index (κ2) is 12.3. The Morgan fingerprint density at radius 1 is 0.872 bits per heavy atom. The molecule has 0 bridgehead atoms. The van der Waals surface area contributed by atoms with E-state index in [0.717, 1.165) is 25.5 Å². The molecule has 0 saturated carbocycles. The molecule has 0 radical (unpaired) electrons. The predicted molar refractivity (Wildman–Crippen MR) is 159 cm³/mol. The van der Waals surface area contributed by atoms with E-state index < -0.39 is 34.1 Å². The minimum Gasteiger partial charge on any atom is -0.350 e. The van der Waals surface area contributed by atoms with E-state index in [2.05, 4.69) is 21.2 Å². The Balaban J connectivity index is 2.02. The fraction of sp³-hybridized carbons (Fsp3) is 0.333. The molecular weight excluding hydrogens is 578 g/mol. The zero-order valence-corrected chi connectivity index (χ0v) is 25.6. The summed E-state index contributed by atoms with van der Waals surface area (Å²) in [4.78, 5) is 28.6. The molecule has 39 heavy (non-hydrogen) atoms. The van der Waals surface area contributed by atoms with Gasteiger partial charge in [0.05, 0.1) is 10.6 Å². The summed E-state index contributed by atoms with van der Waals surface area (Å²) < 4.78 is 29.6. The monoisotopic (exact) mass is 613 g/mol. The third-order valence-electron chi connectivity index (χ3n) is 6.14. The number of hydrogen-bond donors (Lipinski definition) is 1. The number of anilines is 1. The van der Waals surface area contributed by atoms with E-state index >= 15 is 0 Å². The lowest BCUT2D eigenvalue weighted by molar-refractivity contribution is -0.140.